The predicted octanol–water partition coefficient (Wildman–Crippen LogP) is 7.75. The van der Waals surface area contributed by atoms with Gasteiger partial charge in [-0.05, 0) is 0 Å². The Balaban J connectivity index is 7.18. The molecule has 0 aliphatic rings. The summed E-state index contributed by atoms with van der Waals surface area (Å²) in [6.07, 6.45) is -11.6. The molecular formula is C14H5F25O4S. The van der Waals surface area contributed by atoms with Crippen molar-refractivity contribution in [2.45, 2.75) is 77.7 Å². The minimum absolute atomic E-state index is 2.70. The first-order chi connectivity index (χ1) is 18.5. The number of rotatable bonds is 14. The highest BCUT2D eigenvalue weighted by Gasteiger charge is 2.99. The van der Waals surface area contributed by atoms with Gasteiger partial charge in [0.1, 0.15) is 0 Å². The van der Waals surface area contributed by atoms with Crippen molar-refractivity contribution in [1.29, 1.82) is 0 Å². The summed E-state index contributed by atoms with van der Waals surface area (Å²) in [4.78, 5) is 0. The molecule has 0 rings (SSSR count). The predicted molar refractivity (Wildman–Crippen MR) is 82.6 cm³/mol. The zero-order valence-corrected chi connectivity index (χ0v) is 19.8. The van der Waals surface area contributed by atoms with Crippen molar-refractivity contribution in [2.75, 3.05) is 6.61 Å². The molecule has 0 atom stereocenters. The minimum atomic E-state index is -9.68. The molecule has 0 radical (unpaired) electrons. The molecule has 0 fully saturated rings. The van der Waals surface area contributed by atoms with Gasteiger partial charge in [0.25, 0.3) is 0 Å². The van der Waals surface area contributed by atoms with Crippen LogP contribution in [0.15, 0.2) is 0 Å². The Morgan fingerprint density at radius 2 is 0.591 bits per heavy atom. The lowest BCUT2D eigenvalue weighted by Gasteiger charge is -2.45. The van der Waals surface area contributed by atoms with Crippen LogP contribution in [0.4, 0.5) is 110 Å². The van der Waals surface area contributed by atoms with E-state index in [1.807, 2.05) is 0 Å². The summed E-state index contributed by atoms with van der Waals surface area (Å²) < 4.78 is 363. The molecule has 0 aliphatic heterocycles. The van der Waals surface area contributed by atoms with Crippen LogP contribution in [0, 0.1) is 0 Å². The molecule has 0 saturated heterocycles. The summed E-state index contributed by atoms with van der Waals surface area (Å²) in [5.41, 5.74) is 0. The van der Waals surface area contributed by atoms with Crippen LogP contribution < -0.4 is 0 Å². The van der Waals surface area contributed by atoms with E-state index < -0.39 is 94.8 Å². The lowest BCUT2D eigenvalue weighted by atomic mass is 9.84. The first kappa shape index (κ1) is 42.1. The molecule has 0 amide bonds. The Bertz CT molecular complexity index is 1150. The molecule has 44 heavy (non-hydrogen) atoms. The van der Waals surface area contributed by atoms with Gasteiger partial charge in [-0.15, -0.1) is 0 Å². The molecular weight excluding hydrogens is 739 g/mol. The highest BCUT2D eigenvalue weighted by molar-refractivity contribution is 7.80. The van der Waals surface area contributed by atoms with Crippen LogP contribution >= 0.6 is 0 Å². The molecule has 0 spiro atoms. The van der Waals surface area contributed by atoms with Crippen molar-refractivity contribution in [3.05, 3.63) is 0 Å². The van der Waals surface area contributed by atoms with Gasteiger partial charge >= 0.3 is 81.7 Å². The lowest BCUT2D eigenvalue weighted by molar-refractivity contribution is -0.482. The fraction of sp³-hybridized carbons (Fsp3) is 1.00. The SMILES string of the molecule is O=S(=O)(O)OCCC(F)(F)C(F)(F)C(F)(F)C(F)(F)C(F)(F)C(F)(F)C(F)(F)C(F)(F)C(F)(F)C(F)(F)C(F)(F)C(F)(F)F. The zero-order valence-electron chi connectivity index (χ0n) is 18.9. The summed E-state index contributed by atoms with van der Waals surface area (Å²) in [7, 11) is -5.98. The van der Waals surface area contributed by atoms with Gasteiger partial charge in [-0.3, -0.25) is 4.55 Å². The lowest BCUT2D eigenvalue weighted by Crippen LogP contribution is -2.78. The van der Waals surface area contributed by atoms with E-state index in [2.05, 4.69) is 4.18 Å². The van der Waals surface area contributed by atoms with Crippen LogP contribution in [0.3, 0.4) is 0 Å². The van der Waals surface area contributed by atoms with E-state index in [1.165, 1.54) is 0 Å². The second-order valence-electron chi connectivity index (χ2n) is 7.95. The molecule has 0 aliphatic carbocycles. The Morgan fingerprint density at radius 3 is 0.795 bits per heavy atom. The van der Waals surface area contributed by atoms with E-state index in [0.29, 0.717) is 0 Å². The second kappa shape index (κ2) is 10.6. The Hall–Kier alpha value is -1.88. The molecule has 0 bridgehead atoms. The first-order valence-electron chi connectivity index (χ1n) is 9.30. The summed E-state index contributed by atoms with van der Waals surface area (Å²) in [5.74, 6) is -99.8. The minimum Gasteiger partial charge on any atom is -0.264 e. The fourth-order valence-corrected chi connectivity index (χ4v) is 2.71. The molecule has 0 unspecified atom stereocenters. The summed E-state index contributed by atoms with van der Waals surface area (Å²) >= 11 is 0. The van der Waals surface area contributed by atoms with Crippen LogP contribution in [0.5, 0.6) is 0 Å². The fourth-order valence-electron chi connectivity index (χ4n) is 2.42. The maximum absolute atomic E-state index is 13.7. The van der Waals surface area contributed by atoms with Crippen LogP contribution in [-0.2, 0) is 14.6 Å². The first-order valence-corrected chi connectivity index (χ1v) is 10.7. The maximum atomic E-state index is 13.7. The van der Waals surface area contributed by atoms with Gasteiger partial charge < -0.3 is 0 Å². The Morgan fingerprint density at radius 1 is 0.386 bits per heavy atom. The summed E-state index contributed by atoms with van der Waals surface area (Å²) in [6, 6.07) is 0. The molecule has 0 heterocycles. The Labute approximate surface area is 223 Å². The number of alkyl halides is 25. The quantitative estimate of drug-likeness (QED) is 0.146. The smallest absolute Gasteiger partial charge is 0.264 e. The van der Waals surface area contributed by atoms with Gasteiger partial charge in [-0.1, -0.05) is 0 Å². The van der Waals surface area contributed by atoms with Gasteiger partial charge in [-0.2, -0.15) is 118 Å². The maximum Gasteiger partial charge on any atom is 0.460 e. The van der Waals surface area contributed by atoms with E-state index in [0.717, 1.165) is 0 Å². The van der Waals surface area contributed by atoms with Gasteiger partial charge in [0, 0.05) is 6.42 Å². The molecule has 0 aromatic rings. The largest absolute Gasteiger partial charge is 0.460 e. The third kappa shape index (κ3) is 5.56. The third-order valence-corrected chi connectivity index (χ3v) is 5.48. The van der Waals surface area contributed by atoms with Crippen molar-refractivity contribution in [1.82, 2.24) is 0 Å². The van der Waals surface area contributed by atoms with E-state index in [1.54, 1.807) is 0 Å². The summed E-state index contributed by atoms with van der Waals surface area (Å²) in [6.45, 7) is -2.70. The van der Waals surface area contributed by atoms with Crippen molar-refractivity contribution < 1.29 is 127 Å². The monoisotopic (exact) mass is 744 g/mol. The highest BCUT2D eigenvalue weighted by Crippen LogP contribution is 2.67. The molecule has 0 aromatic carbocycles. The number of hydrogen-bond donors (Lipinski definition) is 1. The van der Waals surface area contributed by atoms with Crippen molar-refractivity contribution in [2.24, 2.45) is 0 Å². The van der Waals surface area contributed by atoms with E-state index in [4.69, 9.17) is 4.55 Å². The van der Waals surface area contributed by atoms with E-state index >= 15 is 0 Å². The zero-order chi connectivity index (χ0) is 36.6. The van der Waals surface area contributed by atoms with Crippen molar-refractivity contribution >= 4 is 10.4 Å². The molecule has 0 aromatic heterocycles. The van der Waals surface area contributed by atoms with E-state index in [9.17, 15) is 118 Å². The van der Waals surface area contributed by atoms with Crippen LogP contribution in [0.2, 0.25) is 0 Å². The summed E-state index contributed by atoms with van der Waals surface area (Å²) in [5, 5.41) is 0. The van der Waals surface area contributed by atoms with Gasteiger partial charge in [0.05, 0.1) is 6.61 Å². The van der Waals surface area contributed by atoms with Crippen LogP contribution in [0.1, 0.15) is 6.42 Å². The third-order valence-electron chi connectivity index (χ3n) is 5.01. The number of hydrogen-bond acceptors (Lipinski definition) is 3. The number of halogens is 25. The molecule has 4 nitrogen and oxygen atoms in total. The van der Waals surface area contributed by atoms with Crippen molar-refractivity contribution in [3.8, 4) is 0 Å². The molecule has 30 heteroatoms. The second-order valence-corrected chi connectivity index (χ2v) is 9.04. The normalized spacial score (nSPS) is 16.9. The van der Waals surface area contributed by atoms with Crippen molar-refractivity contribution in [3.63, 3.8) is 0 Å². The standard InChI is InChI=1S/C14H5F25O4S/c15-3(16,1-2-43-44(40,41)42)4(17,18)5(19,20)6(21,22)7(23,24)8(25,26)9(27,28)10(29,30)11(31,32)12(33,34)13(35,36)14(37,38)39/h1-2H2,(H,40,41,42). The molecule has 0 saturated carbocycles. The van der Waals surface area contributed by atoms with Crippen LogP contribution in [-0.4, -0.2) is 90.9 Å². The topological polar surface area (TPSA) is 63.6 Å². The van der Waals surface area contributed by atoms with Crippen LogP contribution in [0.25, 0.3) is 0 Å². The molecule has 266 valence electrons. The Kier molecular flexibility index (Phi) is 10.1. The molecule has 1 N–H and O–H groups in total. The average Bonchev–Trinajstić information content (AvgIpc) is 2.75. The average molecular weight is 744 g/mol. The van der Waals surface area contributed by atoms with Gasteiger partial charge in [0.2, 0.25) is 0 Å². The van der Waals surface area contributed by atoms with E-state index in [-0.39, 0.29) is 0 Å². The van der Waals surface area contributed by atoms with Gasteiger partial charge in [0.15, 0.2) is 0 Å². The van der Waals surface area contributed by atoms with Gasteiger partial charge in [-0.25, -0.2) is 4.18 Å². The highest BCUT2D eigenvalue weighted by atomic mass is 32.3.